The smallest absolute Gasteiger partial charge is 0.335 e. The van der Waals surface area contributed by atoms with Crippen molar-refractivity contribution in [2.75, 3.05) is 4.90 Å². The van der Waals surface area contributed by atoms with Gasteiger partial charge in [0.2, 0.25) is 0 Å². The summed E-state index contributed by atoms with van der Waals surface area (Å²) in [4.78, 5) is 26.1. The van der Waals surface area contributed by atoms with E-state index in [0.717, 1.165) is 0 Å². The Bertz CT molecular complexity index is 2350. The first kappa shape index (κ1) is 32.2. The molecule has 0 fully saturated rings. The second-order valence-corrected chi connectivity index (χ2v) is 8.48. The molecular formula is C36H16ClN5O3. The second kappa shape index (κ2) is 16.9. The zero-order valence-corrected chi connectivity index (χ0v) is 24.6. The third kappa shape index (κ3) is 9.38. The Hall–Kier alpha value is -7.27. The number of aromatic amines is 1. The van der Waals surface area contributed by atoms with Crippen LogP contribution in [0, 0.1) is 125 Å². The fourth-order valence-corrected chi connectivity index (χ4v) is 3.50. The van der Waals surface area contributed by atoms with E-state index in [1.165, 1.54) is 23.1 Å². The summed E-state index contributed by atoms with van der Waals surface area (Å²) in [5, 5.41) is 21.2. The Labute approximate surface area is 265 Å². The van der Waals surface area contributed by atoms with Gasteiger partial charge in [0.1, 0.15) is 5.02 Å². The van der Waals surface area contributed by atoms with Crippen molar-refractivity contribution >= 4 is 34.8 Å². The molecule has 1 aromatic carbocycles. The van der Waals surface area contributed by atoms with Gasteiger partial charge in [-0.2, -0.15) is 0 Å². The van der Waals surface area contributed by atoms with Crippen LogP contribution in [0.4, 0.5) is 5.69 Å². The number of aromatic carboxylic acids is 1. The van der Waals surface area contributed by atoms with Gasteiger partial charge in [-0.25, -0.2) is 9.31 Å². The van der Waals surface area contributed by atoms with Gasteiger partial charge < -0.3 is 5.11 Å². The van der Waals surface area contributed by atoms with E-state index in [2.05, 4.69) is 134 Å². The Balaban J connectivity index is 1.73. The Kier molecular flexibility index (Phi) is 12.1. The van der Waals surface area contributed by atoms with Gasteiger partial charge in [0.25, 0.3) is 0 Å². The van der Waals surface area contributed by atoms with Gasteiger partial charge in [0.05, 0.1) is 17.3 Å². The van der Waals surface area contributed by atoms with Crippen molar-refractivity contribution < 1.29 is 14.7 Å². The molecule has 0 radical (unpaired) electrons. The predicted octanol–water partition coefficient (Wildman–Crippen LogP) is 2.87. The van der Waals surface area contributed by atoms with Crippen LogP contribution in [-0.4, -0.2) is 36.8 Å². The highest BCUT2D eigenvalue weighted by atomic mass is 35.5. The van der Waals surface area contributed by atoms with E-state index in [-0.39, 0.29) is 11.3 Å². The van der Waals surface area contributed by atoms with Crippen LogP contribution in [0.25, 0.3) is 5.65 Å². The number of anilines is 1. The van der Waals surface area contributed by atoms with Crippen LogP contribution in [-0.2, 0) is 4.79 Å². The molecule has 210 valence electrons. The number of hydrogen-bond acceptors (Lipinski definition) is 4. The highest BCUT2D eigenvalue weighted by Crippen LogP contribution is 2.29. The van der Waals surface area contributed by atoms with Crippen LogP contribution in [0.2, 0.25) is 5.02 Å². The number of aryl methyl sites for hydroxylation is 1. The van der Waals surface area contributed by atoms with E-state index in [1.807, 2.05) is 0 Å². The van der Waals surface area contributed by atoms with E-state index in [0.29, 0.717) is 22.2 Å². The number of hydrogen-bond donors (Lipinski definition) is 2. The zero-order chi connectivity index (χ0) is 32.4. The molecule has 8 nitrogen and oxygen atoms in total. The number of benzene rings is 1. The highest BCUT2D eigenvalue weighted by Gasteiger charge is 2.28. The van der Waals surface area contributed by atoms with Crippen LogP contribution in [0.1, 0.15) is 41.8 Å². The SMILES string of the molecule is CC#CC#CC#CC#CC#CC#CC#CC#CC#CC#CC(=O)N(c1cccc(C(=O)O)c1)C(C)c1nnc2c(Cl)c(C)[nH]n12. The largest absolute Gasteiger partial charge is 0.478 e. The molecule has 0 saturated carbocycles. The lowest BCUT2D eigenvalue weighted by Gasteiger charge is -2.26. The third-order valence-corrected chi connectivity index (χ3v) is 5.65. The number of carboxylic acid groups (broad SMARTS) is 1. The molecule has 0 aliphatic carbocycles. The fraction of sp³-hybridized carbons (Fsp3) is 0.111. The summed E-state index contributed by atoms with van der Waals surface area (Å²) in [6, 6.07) is 5.14. The van der Waals surface area contributed by atoms with Gasteiger partial charge in [0.15, 0.2) is 11.5 Å². The van der Waals surface area contributed by atoms with E-state index >= 15 is 0 Å². The van der Waals surface area contributed by atoms with Crippen molar-refractivity contribution in [1.82, 2.24) is 19.8 Å². The van der Waals surface area contributed by atoms with Gasteiger partial charge in [0, 0.05) is 23.4 Å². The van der Waals surface area contributed by atoms with E-state index in [9.17, 15) is 14.7 Å². The fourth-order valence-electron chi connectivity index (χ4n) is 3.33. The van der Waals surface area contributed by atoms with Gasteiger partial charge in [-0.3, -0.25) is 14.8 Å². The van der Waals surface area contributed by atoms with Crippen LogP contribution in [0.15, 0.2) is 24.3 Å². The number of aromatic nitrogens is 4. The number of carbonyl (C=O) groups is 2. The van der Waals surface area contributed by atoms with Crippen molar-refractivity contribution in [2.24, 2.45) is 0 Å². The standard InChI is InChI=1S/C36H16ClN5O3/c1-4-5-6-7-8-9-10-11-12-13-14-15-16-17-18-19-20-21-22-26-32(43)41(31-25-23-24-30(27-31)36(44)45)29(3)34-38-39-35-33(37)28(2)40-42(34)35/h23-25,27,29,40H,1-3H3,(H,44,45). The number of fused-ring (bicyclic) bond motifs is 1. The first-order chi connectivity index (χ1) is 21.8. The van der Waals surface area contributed by atoms with Crippen LogP contribution >= 0.6 is 11.6 Å². The number of halogens is 1. The molecule has 2 heterocycles. The minimum Gasteiger partial charge on any atom is -0.478 e. The number of rotatable bonds is 4. The molecule has 45 heavy (non-hydrogen) atoms. The van der Waals surface area contributed by atoms with Gasteiger partial charge in [-0.05, 0) is 134 Å². The van der Waals surface area contributed by atoms with Crippen LogP contribution < -0.4 is 4.90 Å². The zero-order valence-electron chi connectivity index (χ0n) is 23.8. The minimum absolute atomic E-state index is 0.0114. The first-order valence-electron chi connectivity index (χ1n) is 12.5. The quantitative estimate of drug-likeness (QED) is 0.448. The van der Waals surface area contributed by atoms with E-state index in [1.54, 1.807) is 31.4 Å². The van der Waals surface area contributed by atoms with Crippen molar-refractivity contribution in [2.45, 2.75) is 26.8 Å². The summed E-state index contributed by atoms with van der Waals surface area (Å²) < 4.78 is 1.55. The molecule has 1 atom stereocenters. The third-order valence-electron chi connectivity index (χ3n) is 5.20. The Morgan fingerprint density at radius 1 is 0.844 bits per heavy atom. The number of nitrogens with zero attached hydrogens (tertiary/aromatic N) is 4. The molecule has 0 saturated heterocycles. The van der Waals surface area contributed by atoms with Gasteiger partial charge >= 0.3 is 11.9 Å². The average molecular weight is 602 g/mol. The van der Waals surface area contributed by atoms with Gasteiger partial charge in [-0.1, -0.05) is 23.6 Å². The Morgan fingerprint density at radius 3 is 1.87 bits per heavy atom. The molecule has 9 heteroatoms. The maximum absolute atomic E-state index is 13.3. The van der Waals surface area contributed by atoms with E-state index in [4.69, 9.17) is 11.6 Å². The topological polar surface area (TPSA) is 104 Å². The van der Waals surface area contributed by atoms with Crippen molar-refractivity contribution in [3.8, 4) is 118 Å². The maximum atomic E-state index is 13.3. The lowest BCUT2D eigenvalue weighted by atomic mass is 10.1. The minimum atomic E-state index is -1.15. The second-order valence-electron chi connectivity index (χ2n) is 8.10. The summed E-state index contributed by atoms with van der Waals surface area (Å²) in [5.74, 6) is 48.5. The lowest BCUT2D eigenvalue weighted by Crippen LogP contribution is -2.34. The number of carboxylic acids is 1. The summed E-state index contributed by atoms with van der Waals surface area (Å²) in [6.07, 6.45) is 0. The molecular weight excluding hydrogens is 586 g/mol. The average Bonchev–Trinajstić information content (AvgIpc) is 3.57. The molecule has 1 amide bonds. The summed E-state index contributed by atoms with van der Waals surface area (Å²) >= 11 is 6.28. The molecule has 2 aromatic heterocycles. The van der Waals surface area contributed by atoms with Crippen molar-refractivity contribution in [3.63, 3.8) is 0 Å². The molecule has 3 aromatic rings. The lowest BCUT2D eigenvalue weighted by molar-refractivity contribution is -0.113. The number of nitrogens with one attached hydrogen (secondary N) is 1. The predicted molar refractivity (Wildman–Crippen MR) is 170 cm³/mol. The van der Waals surface area contributed by atoms with Crippen molar-refractivity contribution in [1.29, 1.82) is 0 Å². The van der Waals surface area contributed by atoms with E-state index < -0.39 is 17.9 Å². The molecule has 0 bridgehead atoms. The van der Waals surface area contributed by atoms with Crippen LogP contribution in [0.5, 0.6) is 0 Å². The Morgan fingerprint density at radius 2 is 1.36 bits per heavy atom. The highest BCUT2D eigenvalue weighted by molar-refractivity contribution is 6.34. The monoisotopic (exact) mass is 601 g/mol. The summed E-state index contributed by atoms with van der Waals surface area (Å²) in [6.45, 7) is 5.14. The summed E-state index contributed by atoms with van der Waals surface area (Å²) in [7, 11) is 0. The molecule has 0 spiro atoms. The molecule has 3 rings (SSSR count). The number of amides is 1. The maximum Gasteiger partial charge on any atom is 0.335 e. The summed E-state index contributed by atoms with van der Waals surface area (Å²) in [5.41, 5.74) is 1.32. The van der Waals surface area contributed by atoms with Gasteiger partial charge in [-0.15, -0.1) is 10.2 Å². The normalized spacial score (nSPS) is 8.62. The molecule has 0 aliphatic heterocycles. The first-order valence-corrected chi connectivity index (χ1v) is 12.9. The molecule has 2 N–H and O–H groups in total. The molecule has 1 unspecified atom stereocenters. The number of carbonyl (C=O) groups excluding carboxylic acids is 1. The van der Waals surface area contributed by atoms with Crippen molar-refractivity contribution in [3.05, 3.63) is 46.4 Å². The number of H-pyrrole nitrogens is 1. The molecule has 0 aliphatic rings. The van der Waals surface area contributed by atoms with Crippen LogP contribution in [0.3, 0.4) is 0 Å².